The maximum Gasteiger partial charge on any atom is 0.159 e. The van der Waals surface area contributed by atoms with Gasteiger partial charge in [-0.05, 0) is 94.2 Å². The molecular weight excluding hydrogens is 645 g/mol. The molecule has 0 saturated carbocycles. The molecule has 0 fully saturated rings. The van der Waals surface area contributed by atoms with E-state index in [1.54, 1.807) is 12.1 Å². The molecular formula is C40H48N6O3S. The zero-order valence-corrected chi connectivity index (χ0v) is 31.6. The number of aromatic hydroxyl groups is 2. The molecule has 0 amide bonds. The molecule has 4 aromatic carbocycles. The summed E-state index contributed by atoms with van der Waals surface area (Å²) in [5, 5.41) is 42.6. The van der Waals surface area contributed by atoms with Crippen LogP contribution >= 0.6 is 0 Å². The Morgan fingerprint density at radius 3 is 1.12 bits per heavy atom. The van der Waals surface area contributed by atoms with E-state index in [-0.39, 0.29) is 42.9 Å². The molecule has 2 aromatic heterocycles. The van der Waals surface area contributed by atoms with Gasteiger partial charge in [-0.2, -0.15) is 0 Å². The minimum absolute atomic E-state index is 0.0139. The van der Waals surface area contributed by atoms with Crippen molar-refractivity contribution in [2.24, 2.45) is 10.8 Å². The van der Waals surface area contributed by atoms with Crippen LogP contribution in [0.25, 0.3) is 33.4 Å². The van der Waals surface area contributed by atoms with Gasteiger partial charge in [0.25, 0.3) is 0 Å². The van der Waals surface area contributed by atoms with Crippen molar-refractivity contribution in [2.45, 2.75) is 103 Å². The van der Waals surface area contributed by atoms with E-state index in [2.05, 4.69) is 89.6 Å². The minimum Gasteiger partial charge on any atom is -0.504 e. The molecule has 9 nitrogen and oxygen atoms in total. The Balaban J connectivity index is 1.60. The number of aromatic nitrogens is 6. The number of benzene rings is 4. The predicted octanol–water partition coefficient (Wildman–Crippen LogP) is 9.16. The second-order valence-corrected chi connectivity index (χ2v) is 18.6. The lowest BCUT2D eigenvalue weighted by Crippen LogP contribution is -2.26. The van der Waals surface area contributed by atoms with E-state index in [4.69, 9.17) is 0 Å². The topological polar surface area (TPSA) is 119 Å². The highest BCUT2D eigenvalue weighted by Crippen LogP contribution is 2.45. The van der Waals surface area contributed by atoms with Crippen molar-refractivity contribution < 1.29 is 14.4 Å². The fourth-order valence-electron chi connectivity index (χ4n) is 7.46. The molecule has 0 atom stereocenters. The maximum absolute atomic E-state index is 15.0. The standard InChI is InChI=1S/C40H48N6O3S/c1-37(2,3)23-39(7,8)25-19-31(45-41-27-15-11-12-16-28(27)42-45)35(47)33(21-25)50(49)34-22-26(40(9,10)24-38(4,5)6)20-32(36(34)48)46-43-29-17-13-14-18-30(29)44-46/h11-22,47-48H,23-24H2,1-10H3. The summed E-state index contributed by atoms with van der Waals surface area (Å²) in [6, 6.07) is 22.4. The molecule has 0 bridgehead atoms. The number of rotatable bonds is 8. The van der Waals surface area contributed by atoms with E-state index in [9.17, 15) is 10.2 Å². The molecule has 0 radical (unpaired) electrons. The molecule has 262 valence electrons. The van der Waals surface area contributed by atoms with Gasteiger partial charge in [0.15, 0.2) is 11.5 Å². The van der Waals surface area contributed by atoms with Crippen molar-refractivity contribution in [3.05, 3.63) is 83.9 Å². The number of hydrogen-bond acceptors (Lipinski definition) is 7. The van der Waals surface area contributed by atoms with E-state index in [1.807, 2.05) is 60.7 Å². The van der Waals surface area contributed by atoms with Gasteiger partial charge in [0.1, 0.15) is 33.4 Å². The van der Waals surface area contributed by atoms with Crippen LogP contribution in [0.4, 0.5) is 0 Å². The van der Waals surface area contributed by atoms with Gasteiger partial charge < -0.3 is 10.2 Å². The van der Waals surface area contributed by atoms with Crippen LogP contribution in [0.3, 0.4) is 0 Å². The monoisotopic (exact) mass is 692 g/mol. The summed E-state index contributed by atoms with van der Waals surface area (Å²) < 4.78 is 15.0. The van der Waals surface area contributed by atoms with Crippen LogP contribution < -0.4 is 0 Å². The van der Waals surface area contributed by atoms with E-state index in [0.29, 0.717) is 33.4 Å². The summed E-state index contributed by atoms with van der Waals surface area (Å²) in [5.41, 5.74) is 4.26. The van der Waals surface area contributed by atoms with Crippen LogP contribution in [-0.2, 0) is 21.6 Å². The summed E-state index contributed by atoms with van der Waals surface area (Å²) in [6.45, 7) is 21.7. The number of phenolic OH excluding ortho intramolecular Hbond substituents is 2. The summed E-state index contributed by atoms with van der Waals surface area (Å²) in [4.78, 5) is 3.13. The van der Waals surface area contributed by atoms with Crippen LogP contribution in [0.5, 0.6) is 11.5 Å². The molecule has 10 heteroatoms. The first-order valence-corrected chi connectivity index (χ1v) is 18.2. The average molecular weight is 693 g/mol. The van der Waals surface area contributed by atoms with Crippen molar-refractivity contribution in [3.63, 3.8) is 0 Å². The molecule has 0 saturated heterocycles. The Morgan fingerprint density at radius 2 is 0.840 bits per heavy atom. The molecule has 0 unspecified atom stereocenters. The summed E-state index contributed by atoms with van der Waals surface area (Å²) in [6.07, 6.45) is 1.63. The maximum atomic E-state index is 15.0. The predicted molar refractivity (Wildman–Crippen MR) is 200 cm³/mol. The van der Waals surface area contributed by atoms with Crippen LogP contribution in [0.2, 0.25) is 0 Å². The second kappa shape index (κ2) is 12.3. The normalized spacial score (nSPS) is 13.2. The third-order valence-electron chi connectivity index (χ3n) is 9.02. The molecule has 6 rings (SSSR count). The number of hydrogen-bond donors (Lipinski definition) is 2. The number of phenols is 2. The summed E-state index contributed by atoms with van der Waals surface area (Å²) in [5.74, 6) is -0.440. The zero-order valence-electron chi connectivity index (χ0n) is 30.7. The average Bonchev–Trinajstić information content (AvgIpc) is 3.63. The van der Waals surface area contributed by atoms with Crippen LogP contribution in [0.1, 0.15) is 93.2 Å². The highest BCUT2D eigenvalue weighted by Gasteiger charge is 2.34. The Kier molecular flexibility index (Phi) is 8.70. The van der Waals surface area contributed by atoms with Gasteiger partial charge in [0.2, 0.25) is 0 Å². The van der Waals surface area contributed by atoms with Gasteiger partial charge in [0, 0.05) is 0 Å². The van der Waals surface area contributed by atoms with Crippen molar-refractivity contribution >= 4 is 32.9 Å². The van der Waals surface area contributed by atoms with Gasteiger partial charge in [-0.25, -0.2) is 4.21 Å². The van der Waals surface area contributed by atoms with Gasteiger partial charge in [-0.15, -0.1) is 30.0 Å². The SMILES string of the molecule is CC(C)(C)CC(C)(C)c1cc(-n2nc3ccccc3n2)c(O)c(S(=O)c2cc(C(C)(C)CC(C)(C)C)cc(-n3nc4ccccc4n3)c2O)c1. The molecule has 2 N–H and O–H groups in total. The summed E-state index contributed by atoms with van der Waals surface area (Å²) >= 11 is 0. The fraction of sp³-hybridized carbons (Fsp3) is 0.400. The zero-order chi connectivity index (χ0) is 36.4. The minimum atomic E-state index is -2.05. The lowest BCUT2D eigenvalue weighted by atomic mass is 9.72. The first-order valence-electron chi connectivity index (χ1n) is 17.0. The lowest BCUT2D eigenvalue weighted by Gasteiger charge is -2.34. The molecule has 2 heterocycles. The van der Waals surface area contributed by atoms with Gasteiger partial charge >= 0.3 is 0 Å². The molecule has 0 aliphatic heterocycles. The second-order valence-electron chi connectivity index (χ2n) is 17.2. The highest BCUT2D eigenvalue weighted by atomic mass is 32.2. The third-order valence-corrected chi connectivity index (χ3v) is 10.4. The largest absolute Gasteiger partial charge is 0.504 e. The van der Waals surface area contributed by atoms with E-state index >= 15 is 4.21 Å². The quantitative estimate of drug-likeness (QED) is 0.163. The van der Waals surface area contributed by atoms with Crippen LogP contribution in [0.15, 0.2) is 82.6 Å². The van der Waals surface area contributed by atoms with Gasteiger partial charge in [0.05, 0.1) is 20.6 Å². The Bertz CT molecular complexity index is 2030. The van der Waals surface area contributed by atoms with Crippen molar-refractivity contribution in [2.75, 3.05) is 0 Å². The van der Waals surface area contributed by atoms with Gasteiger partial charge in [-0.1, -0.05) is 93.5 Å². The molecule has 0 aliphatic carbocycles. The van der Waals surface area contributed by atoms with E-state index < -0.39 is 10.8 Å². The Hall–Kier alpha value is -4.57. The number of fused-ring (bicyclic) bond motifs is 2. The number of nitrogens with zero attached hydrogens (tertiary/aromatic N) is 6. The van der Waals surface area contributed by atoms with Crippen molar-refractivity contribution in [1.29, 1.82) is 0 Å². The molecule has 0 aliphatic rings. The first kappa shape index (κ1) is 35.3. The van der Waals surface area contributed by atoms with Crippen LogP contribution in [0, 0.1) is 10.8 Å². The molecule has 0 spiro atoms. The smallest absolute Gasteiger partial charge is 0.159 e. The summed E-state index contributed by atoms with van der Waals surface area (Å²) in [7, 11) is -2.05. The third kappa shape index (κ3) is 7.03. The van der Waals surface area contributed by atoms with E-state index in [1.165, 1.54) is 9.59 Å². The lowest BCUT2D eigenvalue weighted by molar-refractivity contribution is 0.283. The van der Waals surface area contributed by atoms with E-state index in [0.717, 1.165) is 24.0 Å². The van der Waals surface area contributed by atoms with Gasteiger partial charge in [-0.3, -0.25) is 0 Å². The van der Waals surface area contributed by atoms with Crippen molar-refractivity contribution in [1.82, 2.24) is 30.0 Å². The van der Waals surface area contributed by atoms with Crippen LogP contribution in [-0.4, -0.2) is 44.4 Å². The van der Waals surface area contributed by atoms with Crippen molar-refractivity contribution in [3.8, 4) is 22.9 Å². The highest BCUT2D eigenvalue weighted by molar-refractivity contribution is 7.85. The molecule has 6 aromatic rings. The fourth-order valence-corrected chi connectivity index (χ4v) is 8.73. The Labute approximate surface area is 296 Å². The Morgan fingerprint density at radius 1 is 0.540 bits per heavy atom. The first-order chi connectivity index (χ1) is 23.2. The molecule has 50 heavy (non-hydrogen) atoms.